The molecule has 4 heteroatoms. The van der Waals surface area contributed by atoms with Gasteiger partial charge in [0.15, 0.2) is 5.79 Å². The Labute approximate surface area is 97.6 Å². The third-order valence-corrected chi connectivity index (χ3v) is 4.59. The summed E-state index contributed by atoms with van der Waals surface area (Å²) >= 11 is 3.45. The second kappa shape index (κ2) is 3.54. The van der Waals surface area contributed by atoms with Crippen LogP contribution in [0, 0.1) is 17.8 Å². The molecule has 0 aromatic rings. The lowest BCUT2D eigenvalue weighted by Gasteiger charge is -2.54. The molecule has 0 bridgehead atoms. The Kier molecular flexibility index (Phi) is 2.41. The van der Waals surface area contributed by atoms with Gasteiger partial charge < -0.3 is 9.47 Å². The minimum absolute atomic E-state index is 0.223. The van der Waals surface area contributed by atoms with Gasteiger partial charge in [0, 0.05) is 29.5 Å². The van der Waals surface area contributed by atoms with Gasteiger partial charge in [0.2, 0.25) is 0 Å². The van der Waals surface area contributed by atoms with Crippen molar-refractivity contribution in [2.24, 2.45) is 17.8 Å². The Bertz CT molecular complexity index is 286. The molecule has 0 aromatic heterocycles. The molecule has 1 spiro atoms. The van der Waals surface area contributed by atoms with Gasteiger partial charge in [0.1, 0.15) is 5.78 Å². The fraction of sp³-hybridized carbons (Fsp3) is 0.909. The zero-order valence-electron chi connectivity index (χ0n) is 8.58. The Morgan fingerprint density at radius 2 is 2.13 bits per heavy atom. The maximum atomic E-state index is 11.7. The summed E-state index contributed by atoms with van der Waals surface area (Å²) in [6, 6.07) is 0. The molecule has 0 aromatic carbocycles. The summed E-state index contributed by atoms with van der Waals surface area (Å²) in [5.41, 5.74) is 0. The highest BCUT2D eigenvalue weighted by Crippen LogP contribution is 2.61. The summed E-state index contributed by atoms with van der Waals surface area (Å²) in [4.78, 5) is 11.7. The number of carbonyl (C=O) groups excluding carboxylic acids is 1. The average Bonchev–Trinajstić information content (AvgIpc) is 2.80. The Morgan fingerprint density at radius 3 is 2.80 bits per heavy atom. The molecule has 3 fully saturated rings. The molecule has 2 aliphatic carbocycles. The highest BCUT2D eigenvalue weighted by atomic mass is 79.9. The van der Waals surface area contributed by atoms with Crippen molar-refractivity contribution in [1.29, 1.82) is 0 Å². The van der Waals surface area contributed by atoms with Crippen LogP contribution in [0.1, 0.15) is 19.3 Å². The van der Waals surface area contributed by atoms with Crippen LogP contribution in [-0.2, 0) is 14.3 Å². The van der Waals surface area contributed by atoms with E-state index < -0.39 is 0 Å². The average molecular weight is 275 g/mol. The van der Waals surface area contributed by atoms with Gasteiger partial charge in [-0.25, -0.2) is 0 Å². The van der Waals surface area contributed by atoms with E-state index in [0.717, 1.165) is 24.6 Å². The summed E-state index contributed by atoms with van der Waals surface area (Å²) in [7, 11) is 0. The monoisotopic (exact) mass is 274 g/mol. The van der Waals surface area contributed by atoms with E-state index in [4.69, 9.17) is 9.47 Å². The molecule has 3 aliphatic rings. The number of hydrogen-bond donors (Lipinski definition) is 0. The van der Waals surface area contributed by atoms with Crippen LogP contribution in [0.3, 0.4) is 0 Å². The van der Waals surface area contributed by atoms with Gasteiger partial charge in [-0.3, -0.25) is 4.79 Å². The van der Waals surface area contributed by atoms with Crippen LogP contribution in [0.15, 0.2) is 0 Å². The molecule has 2 saturated carbocycles. The van der Waals surface area contributed by atoms with E-state index in [1.807, 2.05) is 0 Å². The van der Waals surface area contributed by atoms with Crippen LogP contribution in [-0.4, -0.2) is 30.1 Å². The lowest BCUT2D eigenvalue weighted by atomic mass is 9.59. The van der Waals surface area contributed by atoms with Crippen molar-refractivity contribution in [2.45, 2.75) is 25.0 Å². The number of hydrogen-bond acceptors (Lipinski definition) is 3. The van der Waals surface area contributed by atoms with Crippen molar-refractivity contribution < 1.29 is 14.3 Å². The van der Waals surface area contributed by atoms with Gasteiger partial charge in [-0.05, 0) is 12.8 Å². The molecule has 1 aliphatic heterocycles. The summed E-state index contributed by atoms with van der Waals surface area (Å²) < 4.78 is 11.6. The number of alkyl halides is 1. The molecular formula is C11H15BrO3. The standard InChI is InChI=1S/C11H15BrO3/c12-4-3-8-10-7(1-2-9(10)13)11(8)14-5-6-15-11/h7-8,10H,1-6H2/t7-,8+,10+/m0/s1. The molecule has 0 radical (unpaired) electrons. The molecule has 0 unspecified atom stereocenters. The van der Waals surface area contributed by atoms with Gasteiger partial charge in [-0.15, -0.1) is 0 Å². The molecule has 0 amide bonds. The van der Waals surface area contributed by atoms with Gasteiger partial charge in [-0.1, -0.05) is 15.9 Å². The first-order chi connectivity index (χ1) is 7.29. The SMILES string of the molecule is O=C1CC[C@H]2[C@@H]1[C@@H](CCBr)C21OCCO1. The number of Topliss-reactive ketones (excluding diaryl/α,β-unsaturated/α-hetero) is 1. The lowest BCUT2D eigenvalue weighted by molar-refractivity contribution is -0.306. The second-order valence-electron chi connectivity index (χ2n) is 4.64. The quantitative estimate of drug-likeness (QED) is 0.720. The summed E-state index contributed by atoms with van der Waals surface area (Å²) in [5.74, 6) is 0.900. The van der Waals surface area contributed by atoms with Crippen LogP contribution in [0.5, 0.6) is 0 Å². The predicted octanol–water partition coefficient (Wildman–Crippen LogP) is 1.74. The zero-order chi connectivity index (χ0) is 10.5. The highest BCUT2D eigenvalue weighted by Gasteiger charge is 2.69. The number of ether oxygens (including phenoxy) is 2. The molecule has 3 atom stereocenters. The molecule has 84 valence electrons. The molecule has 1 saturated heterocycles. The molecule has 1 heterocycles. The fourth-order valence-electron chi connectivity index (χ4n) is 3.60. The Hall–Kier alpha value is 0.0700. The normalized spacial score (nSPS) is 41.9. The van der Waals surface area contributed by atoms with Crippen molar-refractivity contribution >= 4 is 21.7 Å². The van der Waals surface area contributed by atoms with Crippen molar-refractivity contribution in [2.75, 3.05) is 18.5 Å². The van der Waals surface area contributed by atoms with E-state index in [0.29, 0.717) is 30.8 Å². The number of halogens is 1. The minimum Gasteiger partial charge on any atom is -0.347 e. The van der Waals surface area contributed by atoms with Crippen molar-refractivity contribution in [3.8, 4) is 0 Å². The van der Waals surface area contributed by atoms with Gasteiger partial charge in [-0.2, -0.15) is 0 Å². The number of ketones is 1. The van der Waals surface area contributed by atoms with E-state index in [1.165, 1.54) is 0 Å². The van der Waals surface area contributed by atoms with Crippen LogP contribution < -0.4 is 0 Å². The smallest absolute Gasteiger partial charge is 0.175 e. The Balaban J connectivity index is 1.85. The number of rotatable bonds is 2. The molecule has 3 rings (SSSR count). The fourth-order valence-corrected chi connectivity index (χ4v) is 4.10. The lowest BCUT2D eigenvalue weighted by Crippen LogP contribution is -2.62. The van der Waals surface area contributed by atoms with E-state index >= 15 is 0 Å². The van der Waals surface area contributed by atoms with Gasteiger partial charge >= 0.3 is 0 Å². The highest BCUT2D eigenvalue weighted by molar-refractivity contribution is 9.09. The summed E-state index contributed by atoms with van der Waals surface area (Å²) in [5, 5.41) is 0.919. The maximum absolute atomic E-state index is 11.7. The summed E-state index contributed by atoms with van der Waals surface area (Å²) in [6.07, 6.45) is 2.66. The van der Waals surface area contributed by atoms with Crippen LogP contribution >= 0.6 is 15.9 Å². The maximum Gasteiger partial charge on any atom is 0.175 e. The minimum atomic E-state index is -0.384. The zero-order valence-corrected chi connectivity index (χ0v) is 10.2. The van der Waals surface area contributed by atoms with Crippen molar-refractivity contribution in [3.05, 3.63) is 0 Å². The second-order valence-corrected chi connectivity index (χ2v) is 5.43. The van der Waals surface area contributed by atoms with Crippen molar-refractivity contribution in [1.82, 2.24) is 0 Å². The van der Waals surface area contributed by atoms with Crippen LogP contribution in [0.2, 0.25) is 0 Å². The molecule has 15 heavy (non-hydrogen) atoms. The largest absolute Gasteiger partial charge is 0.347 e. The number of fused-ring (bicyclic) bond motifs is 2. The van der Waals surface area contributed by atoms with Crippen LogP contribution in [0.25, 0.3) is 0 Å². The van der Waals surface area contributed by atoms with Gasteiger partial charge in [0.25, 0.3) is 0 Å². The van der Waals surface area contributed by atoms with Crippen molar-refractivity contribution in [3.63, 3.8) is 0 Å². The molecule has 0 N–H and O–H groups in total. The van der Waals surface area contributed by atoms with E-state index in [2.05, 4.69) is 15.9 Å². The Morgan fingerprint density at radius 1 is 1.40 bits per heavy atom. The van der Waals surface area contributed by atoms with E-state index in [9.17, 15) is 4.79 Å². The van der Waals surface area contributed by atoms with E-state index in [-0.39, 0.29) is 11.7 Å². The summed E-state index contributed by atoms with van der Waals surface area (Å²) in [6.45, 7) is 1.38. The molecular weight excluding hydrogens is 260 g/mol. The van der Waals surface area contributed by atoms with Gasteiger partial charge in [0.05, 0.1) is 13.2 Å². The first kappa shape index (κ1) is 10.2. The van der Waals surface area contributed by atoms with Crippen LogP contribution in [0.4, 0.5) is 0 Å². The number of carbonyl (C=O) groups is 1. The third-order valence-electron chi connectivity index (χ3n) is 4.13. The van der Waals surface area contributed by atoms with E-state index in [1.54, 1.807) is 0 Å². The molecule has 3 nitrogen and oxygen atoms in total. The third kappa shape index (κ3) is 1.22. The first-order valence-corrected chi connectivity index (χ1v) is 6.78. The topological polar surface area (TPSA) is 35.5 Å². The first-order valence-electron chi connectivity index (χ1n) is 5.66. The predicted molar refractivity (Wildman–Crippen MR) is 57.8 cm³/mol.